The summed E-state index contributed by atoms with van der Waals surface area (Å²) < 4.78 is 38.2. The molecule has 0 aliphatic carbocycles. The molecule has 0 radical (unpaired) electrons. The highest BCUT2D eigenvalue weighted by molar-refractivity contribution is 7.89. The van der Waals surface area contributed by atoms with Crippen LogP contribution in [-0.4, -0.2) is 70.2 Å². The molecule has 1 fully saturated rings. The number of unbranched alkanes of at least 4 members (excludes halogenated alkanes) is 1. The van der Waals surface area contributed by atoms with Gasteiger partial charge in [0.25, 0.3) is 0 Å². The number of nitrogens with one attached hydrogen (secondary N) is 3. The Balaban J connectivity index is 2.11. The molecule has 0 atom stereocenters. The van der Waals surface area contributed by atoms with Gasteiger partial charge in [0.05, 0.1) is 36.4 Å². The molecule has 3 amide bonds. The second-order valence-corrected chi connectivity index (χ2v) is 9.29. The van der Waals surface area contributed by atoms with E-state index >= 15 is 0 Å². The summed E-state index contributed by atoms with van der Waals surface area (Å²) in [7, 11) is -3.71. The highest BCUT2D eigenvalue weighted by Crippen LogP contribution is 2.30. The SMILES string of the molecule is CCCCNC(=O)NC(=O)CNc1cc(S(=O)(=O)N2CCOCC2)ccc1OC(C)C. The Bertz CT molecular complexity index is 853. The zero-order chi connectivity index (χ0) is 22.9. The summed E-state index contributed by atoms with van der Waals surface area (Å²) in [5.74, 6) is -0.137. The van der Waals surface area contributed by atoms with Gasteiger partial charge < -0.3 is 20.1 Å². The molecule has 0 spiro atoms. The van der Waals surface area contributed by atoms with Gasteiger partial charge >= 0.3 is 6.03 Å². The lowest BCUT2D eigenvalue weighted by Gasteiger charge is -2.26. The van der Waals surface area contributed by atoms with E-state index in [9.17, 15) is 18.0 Å². The van der Waals surface area contributed by atoms with Crippen LogP contribution in [0.5, 0.6) is 5.75 Å². The lowest BCUT2D eigenvalue weighted by molar-refractivity contribution is -0.118. The molecule has 31 heavy (non-hydrogen) atoms. The van der Waals surface area contributed by atoms with Crippen LogP contribution in [0.3, 0.4) is 0 Å². The molecular weight excluding hydrogens is 424 g/mol. The minimum atomic E-state index is -3.71. The summed E-state index contributed by atoms with van der Waals surface area (Å²) in [6, 6.07) is 3.92. The van der Waals surface area contributed by atoms with Gasteiger partial charge in [0, 0.05) is 19.6 Å². The second kappa shape index (κ2) is 11.9. The molecule has 1 saturated heterocycles. The number of hydrogen-bond acceptors (Lipinski definition) is 7. The Morgan fingerprint density at radius 1 is 1.23 bits per heavy atom. The smallest absolute Gasteiger partial charge is 0.321 e. The summed E-state index contributed by atoms with van der Waals surface area (Å²) in [5, 5.41) is 7.71. The van der Waals surface area contributed by atoms with Crippen molar-refractivity contribution in [2.24, 2.45) is 0 Å². The van der Waals surface area contributed by atoms with E-state index in [0.717, 1.165) is 12.8 Å². The molecule has 3 N–H and O–H groups in total. The van der Waals surface area contributed by atoms with E-state index in [4.69, 9.17) is 9.47 Å². The molecule has 0 bridgehead atoms. The number of benzene rings is 1. The standard InChI is InChI=1S/C20H32N4O6S/c1-4-5-8-21-20(26)23-19(25)14-22-17-13-16(6-7-18(17)30-15(2)3)31(27,28)24-9-11-29-12-10-24/h6-7,13,15,22H,4-5,8-12,14H2,1-3H3,(H2,21,23,25,26). The first-order valence-electron chi connectivity index (χ1n) is 10.4. The molecule has 174 valence electrons. The number of hydrogen-bond donors (Lipinski definition) is 3. The topological polar surface area (TPSA) is 126 Å². The van der Waals surface area contributed by atoms with E-state index in [1.807, 2.05) is 20.8 Å². The number of rotatable bonds is 10. The highest BCUT2D eigenvalue weighted by Gasteiger charge is 2.27. The summed E-state index contributed by atoms with van der Waals surface area (Å²) >= 11 is 0. The molecule has 0 saturated carbocycles. The van der Waals surface area contributed by atoms with Crippen molar-refractivity contribution in [3.05, 3.63) is 18.2 Å². The van der Waals surface area contributed by atoms with E-state index < -0.39 is 22.0 Å². The summed E-state index contributed by atoms with van der Waals surface area (Å²) in [5.41, 5.74) is 0.351. The molecule has 10 nitrogen and oxygen atoms in total. The monoisotopic (exact) mass is 456 g/mol. The van der Waals surface area contributed by atoms with Crippen molar-refractivity contribution in [2.75, 3.05) is 44.7 Å². The molecule has 11 heteroatoms. The summed E-state index contributed by atoms with van der Waals surface area (Å²) in [4.78, 5) is 23.9. The number of ether oxygens (including phenoxy) is 2. The van der Waals surface area contributed by atoms with Crippen LogP contribution in [0.25, 0.3) is 0 Å². The maximum absolute atomic E-state index is 13.0. The zero-order valence-electron chi connectivity index (χ0n) is 18.3. The molecule has 0 aromatic heterocycles. The van der Waals surface area contributed by atoms with Crippen LogP contribution in [0, 0.1) is 0 Å². The van der Waals surface area contributed by atoms with Crippen molar-refractivity contribution >= 4 is 27.6 Å². The van der Waals surface area contributed by atoms with Gasteiger partial charge in [0.1, 0.15) is 5.75 Å². The van der Waals surface area contributed by atoms with Gasteiger partial charge in [0.2, 0.25) is 15.9 Å². The number of carbonyl (C=O) groups is 2. The Hall–Kier alpha value is -2.37. The van der Waals surface area contributed by atoms with Gasteiger partial charge in [0.15, 0.2) is 0 Å². The predicted molar refractivity (Wildman–Crippen MR) is 117 cm³/mol. The predicted octanol–water partition coefficient (Wildman–Crippen LogP) is 1.53. The van der Waals surface area contributed by atoms with Gasteiger partial charge in [-0.05, 0) is 38.5 Å². The van der Waals surface area contributed by atoms with Crippen LogP contribution < -0.4 is 20.7 Å². The quantitative estimate of drug-likeness (QED) is 0.456. The van der Waals surface area contributed by atoms with Crippen molar-refractivity contribution in [3.63, 3.8) is 0 Å². The second-order valence-electron chi connectivity index (χ2n) is 7.35. The number of amides is 3. The van der Waals surface area contributed by atoms with Crippen molar-refractivity contribution in [1.29, 1.82) is 0 Å². The fourth-order valence-corrected chi connectivity index (χ4v) is 4.30. The average Bonchev–Trinajstić information content (AvgIpc) is 2.73. The average molecular weight is 457 g/mol. The Morgan fingerprint density at radius 2 is 1.94 bits per heavy atom. The molecule has 2 rings (SSSR count). The number of urea groups is 1. The van der Waals surface area contributed by atoms with Gasteiger partial charge in [-0.2, -0.15) is 4.31 Å². The molecule has 1 aromatic carbocycles. The lowest BCUT2D eigenvalue weighted by Crippen LogP contribution is -2.42. The Labute approximate surface area is 183 Å². The largest absolute Gasteiger partial charge is 0.489 e. The molecule has 0 unspecified atom stereocenters. The number of anilines is 1. The van der Waals surface area contributed by atoms with Crippen molar-refractivity contribution in [3.8, 4) is 5.75 Å². The molecular formula is C20H32N4O6S. The number of sulfonamides is 1. The Kier molecular flexibility index (Phi) is 9.53. The third kappa shape index (κ3) is 7.67. The lowest BCUT2D eigenvalue weighted by atomic mass is 10.3. The van der Waals surface area contributed by atoms with E-state index in [-0.39, 0.29) is 30.6 Å². The number of carbonyl (C=O) groups excluding carboxylic acids is 2. The molecule has 1 aliphatic heterocycles. The van der Waals surface area contributed by atoms with Gasteiger partial charge in [-0.25, -0.2) is 13.2 Å². The van der Waals surface area contributed by atoms with E-state index in [1.54, 1.807) is 6.07 Å². The Morgan fingerprint density at radius 3 is 2.58 bits per heavy atom. The number of nitrogens with zero attached hydrogens (tertiary/aromatic N) is 1. The zero-order valence-corrected chi connectivity index (χ0v) is 19.1. The third-order valence-corrected chi connectivity index (χ3v) is 6.32. The first kappa shape index (κ1) is 24.9. The third-order valence-electron chi connectivity index (χ3n) is 4.43. The van der Waals surface area contributed by atoms with Crippen LogP contribution in [0.15, 0.2) is 23.1 Å². The van der Waals surface area contributed by atoms with Crippen molar-refractivity contribution in [2.45, 2.75) is 44.6 Å². The van der Waals surface area contributed by atoms with Gasteiger partial charge in [-0.3, -0.25) is 10.1 Å². The number of imide groups is 1. The van der Waals surface area contributed by atoms with Gasteiger partial charge in [-0.15, -0.1) is 0 Å². The maximum atomic E-state index is 13.0. The van der Waals surface area contributed by atoms with Crippen LogP contribution in [0.1, 0.15) is 33.6 Å². The van der Waals surface area contributed by atoms with Crippen molar-refractivity contribution < 1.29 is 27.5 Å². The van der Waals surface area contributed by atoms with E-state index in [0.29, 0.717) is 31.2 Å². The minimum absolute atomic E-state index is 0.0886. The minimum Gasteiger partial charge on any atom is -0.489 e. The van der Waals surface area contributed by atoms with Crippen LogP contribution in [0.2, 0.25) is 0 Å². The first-order valence-corrected chi connectivity index (χ1v) is 11.9. The van der Waals surface area contributed by atoms with Crippen LogP contribution >= 0.6 is 0 Å². The summed E-state index contributed by atoms with van der Waals surface area (Å²) in [6.45, 7) is 7.20. The van der Waals surface area contributed by atoms with E-state index in [2.05, 4.69) is 16.0 Å². The van der Waals surface area contributed by atoms with Gasteiger partial charge in [-0.1, -0.05) is 13.3 Å². The maximum Gasteiger partial charge on any atom is 0.321 e. The van der Waals surface area contributed by atoms with Crippen LogP contribution in [-0.2, 0) is 19.6 Å². The molecule has 1 aliphatic rings. The fraction of sp³-hybridized carbons (Fsp3) is 0.600. The number of morpholine rings is 1. The normalized spacial score (nSPS) is 14.8. The van der Waals surface area contributed by atoms with Crippen LogP contribution in [0.4, 0.5) is 10.5 Å². The summed E-state index contributed by atoms with van der Waals surface area (Å²) in [6.07, 6.45) is 1.60. The first-order chi connectivity index (χ1) is 14.7. The van der Waals surface area contributed by atoms with E-state index in [1.165, 1.54) is 16.4 Å². The molecule has 1 heterocycles. The molecule has 1 aromatic rings. The fourth-order valence-electron chi connectivity index (χ4n) is 2.87. The van der Waals surface area contributed by atoms with Crippen molar-refractivity contribution in [1.82, 2.24) is 14.9 Å². The highest BCUT2D eigenvalue weighted by atomic mass is 32.2.